The predicted molar refractivity (Wildman–Crippen MR) is 56.7 cm³/mol. The van der Waals surface area contributed by atoms with Gasteiger partial charge in [-0.25, -0.2) is 5.06 Å². The van der Waals surface area contributed by atoms with Gasteiger partial charge in [-0.2, -0.15) is 0 Å². The minimum absolute atomic E-state index is 0.0609. The summed E-state index contributed by atoms with van der Waals surface area (Å²) in [6, 6.07) is 0. The first-order valence-electron chi connectivity index (χ1n) is 4.82. The van der Waals surface area contributed by atoms with Crippen LogP contribution in [0.2, 0.25) is 0 Å². The molecular weight excluding hydrogens is 221 g/mol. The summed E-state index contributed by atoms with van der Waals surface area (Å²) in [6.45, 7) is 4.30. The van der Waals surface area contributed by atoms with Gasteiger partial charge in [0.15, 0.2) is 0 Å². The van der Waals surface area contributed by atoms with E-state index in [9.17, 15) is 9.36 Å². The first-order valence-corrected chi connectivity index (χ1v) is 6.62. The highest BCUT2D eigenvalue weighted by Crippen LogP contribution is 2.34. The molecule has 0 aromatic carbocycles. The van der Waals surface area contributed by atoms with Crippen LogP contribution in [-0.2, 0) is 9.36 Å². The van der Waals surface area contributed by atoms with E-state index >= 15 is 0 Å². The Bertz CT molecular complexity index is 191. The molecule has 0 unspecified atom stereocenters. The second kappa shape index (κ2) is 10.1. The number of carbonyl (C=O) groups excluding carboxylic acids is 1. The summed E-state index contributed by atoms with van der Waals surface area (Å²) >= 11 is 0. The van der Waals surface area contributed by atoms with Gasteiger partial charge >= 0.3 is 7.60 Å². The summed E-state index contributed by atoms with van der Waals surface area (Å²) in [5.41, 5.74) is 0. The van der Waals surface area contributed by atoms with E-state index in [-0.39, 0.29) is 25.5 Å². The number of amides is 1. The van der Waals surface area contributed by atoms with Crippen LogP contribution in [-0.4, -0.2) is 39.2 Å². The van der Waals surface area contributed by atoms with Crippen LogP contribution in [0.25, 0.3) is 0 Å². The number of hydrogen-bond donors (Lipinski definition) is 3. The van der Waals surface area contributed by atoms with E-state index in [4.69, 9.17) is 15.0 Å². The van der Waals surface area contributed by atoms with Crippen molar-refractivity contribution in [3.05, 3.63) is 0 Å². The average molecular weight is 241 g/mol. The molecular formula is C8H20NO5P. The molecule has 0 aromatic heterocycles. The van der Waals surface area contributed by atoms with Crippen molar-refractivity contribution in [1.82, 2.24) is 5.06 Å². The molecule has 0 aliphatic rings. The lowest BCUT2D eigenvalue weighted by molar-refractivity contribution is -0.149. The first-order chi connectivity index (χ1) is 6.87. The number of rotatable bonds is 6. The van der Waals surface area contributed by atoms with Gasteiger partial charge in [-0.15, -0.1) is 0 Å². The van der Waals surface area contributed by atoms with Crippen LogP contribution < -0.4 is 0 Å². The quantitative estimate of drug-likeness (QED) is 0.281. The van der Waals surface area contributed by atoms with Gasteiger partial charge in [0.25, 0.3) is 0 Å². The lowest BCUT2D eigenvalue weighted by Gasteiger charge is -2.07. The highest BCUT2D eigenvalue weighted by Gasteiger charge is 2.12. The summed E-state index contributed by atoms with van der Waals surface area (Å²) in [6.07, 6.45) is 2.58. The largest absolute Gasteiger partial charge is 0.325 e. The molecule has 0 aliphatic carbocycles. The Morgan fingerprint density at radius 3 is 2.00 bits per heavy atom. The zero-order valence-corrected chi connectivity index (χ0v) is 10.1. The standard InChI is InChI=1S/C4H10NO5P.C4H10/c6-4-5(7)2-1-3-11(8,9)10;1-3-4-2/h4,7H,1-3H2,(H2,8,9,10);3-4H2,1-2H3. The van der Waals surface area contributed by atoms with Crippen molar-refractivity contribution in [2.75, 3.05) is 12.7 Å². The molecule has 0 fully saturated rings. The molecule has 1 amide bonds. The fourth-order valence-corrected chi connectivity index (χ4v) is 1.04. The number of unbranched alkanes of at least 4 members (excludes halogenated alkanes) is 1. The highest BCUT2D eigenvalue weighted by atomic mass is 31.2. The van der Waals surface area contributed by atoms with Crippen LogP contribution in [0, 0.1) is 0 Å². The normalized spacial score (nSPS) is 10.2. The number of carbonyl (C=O) groups is 1. The van der Waals surface area contributed by atoms with Crippen molar-refractivity contribution in [1.29, 1.82) is 0 Å². The second-order valence-corrected chi connectivity index (χ2v) is 4.79. The van der Waals surface area contributed by atoms with E-state index in [0.717, 1.165) is 0 Å². The van der Waals surface area contributed by atoms with Crippen molar-refractivity contribution < 1.29 is 24.4 Å². The summed E-state index contributed by atoms with van der Waals surface area (Å²) < 4.78 is 10.2. The number of hydrogen-bond acceptors (Lipinski definition) is 3. The lowest BCUT2D eigenvalue weighted by Crippen LogP contribution is -2.18. The molecule has 6 nitrogen and oxygen atoms in total. The van der Waals surface area contributed by atoms with Crippen LogP contribution in [0.4, 0.5) is 0 Å². The highest BCUT2D eigenvalue weighted by molar-refractivity contribution is 7.51. The molecule has 0 rings (SSSR count). The van der Waals surface area contributed by atoms with Crippen LogP contribution in [0.5, 0.6) is 0 Å². The fourth-order valence-electron chi connectivity index (χ4n) is 0.491. The van der Waals surface area contributed by atoms with Crippen molar-refractivity contribution >= 4 is 14.0 Å². The van der Waals surface area contributed by atoms with Crippen LogP contribution in [0.3, 0.4) is 0 Å². The average Bonchev–Trinajstić information content (AvgIpc) is 2.16. The Balaban J connectivity index is 0. The van der Waals surface area contributed by atoms with Crippen LogP contribution in [0.1, 0.15) is 33.1 Å². The van der Waals surface area contributed by atoms with Crippen molar-refractivity contribution in [3.63, 3.8) is 0 Å². The Labute approximate surface area is 90.0 Å². The van der Waals surface area contributed by atoms with E-state index in [1.165, 1.54) is 12.8 Å². The van der Waals surface area contributed by atoms with Crippen molar-refractivity contribution in [2.24, 2.45) is 0 Å². The third-order valence-corrected chi connectivity index (χ3v) is 2.36. The van der Waals surface area contributed by atoms with Gasteiger partial charge in [0.1, 0.15) is 0 Å². The van der Waals surface area contributed by atoms with Crippen LogP contribution in [0.15, 0.2) is 0 Å². The minimum Gasteiger partial charge on any atom is -0.324 e. The molecule has 0 spiro atoms. The van der Waals surface area contributed by atoms with Crippen molar-refractivity contribution in [3.8, 4) is 0 Å². The van der Waals surface area contributed by atoms with E-state index in [1.807, 2.05) is 0 Å². The maximum Gasteiger partial charge on any atom is 0.325 e. The molecule has 0 saturated heterocycles. The summed E-state index contributed by atoms with van der Waals surface area (Å²) in [5, 5.41) is 8.81. The third kappa shape index (κ3) is 19.8. The van der Waals surface area contributed by atoms with Gasteiger partial charge in [0.2, 0.25) is 6.41 Å². The van der Waals surface area contributed by atoms with Gasteiger partial charge in [0.05, 0.1) is 6.16 Å². The molecule has 0 aliphatic heterocycles. The Hall–Kier alpha value is -0.420. The third-order valence-electron chi connectivity index (χ3n) is 1.46. The SMILES string of the molecule is CCCC.O=CN(O)CCCP(=O)(O)O. The summed E-state index contributed by atoms with van der Waals surface area (Å²) in [4.78, 5) is 26.4. The zero-order chi connectivity index (χ0) is 12.3. The predicted octanol–water partition coefficient (Wildman–Crippen LogP) is 1.21. The monoisotopic (exact) mass is 241 g/mol. The first kappa shape index (κ1) is 17.0. The lowest BCUT2D eigenvalue weighted by atomic mass is 10.4. The minimum atomic E-state index is -3.99. The van der Waals surface area contributed by atoms with Gasteiger partial charge in [0, 0.05) is 6.54 Å². The molecule has 0 aromatic rings. The molecule has 15 heavy (non-hydrogen) atoms. The fraction of sp³-hybridized carbons (Fsp3) is 0.875. The smallest absolute Gasteiger partial charge is 0.324 e. The molecule has 0 bridgehead atoms. The van der Waals surface area contributed by atoms with Gasteiger partial charge < -0.3 is 9.79 Å². The molecule has 0 radical (unpaired) electrons. The Morgan fingerprint density at radius 1 is 1.27 bits per heavy atom. The Kier molecular flexibility index (Phi) is 11.5. The maximum atomic E-state index is 10.2. The molecule has 0 heterocycles. The van der Waals surface area contributed by atoms with E-state index in [1.54, 1.807) is 0 Å². The topological polar surface area (TPSA) is 98.1 Å². The van der Waals surface area contributed by atoms with Gasteiger partial charge in [-0.1, -0.05) is 26.7 Å². The summed E-state index contributed by atoms with van der Waals surface area (Å²) in [5.74, 6) is 0. The second-order valence-electron chi connectivity index (χ2n) is 3.01. The molecule has 7 heteroatoms. The molecule has 92 valence electrons. The van der Waals surface area contributed by atoms with E-state index < -0.39 is 7.60 Å². The molecule has 3 N–H and O–H groups in total. The molecule has 0 atom stereocenters. The van der Waals surface area contributed by atoms with Gasteiger partial charge in [-0.05, 0) is 6.42 Å². The van der Waals surface area contributed by atoms with Crippen LogP contribution >= 0.6 is 7.60 Å². The number of hydroxylamine groups is 2. The summed E-state index contributed by atoms with van der Waals surface area (Å²) in [7, 11) is -3.99. The van der Waals surface area contributed by atoms with Crippen molar-refractivity contribution in [2.45, 2.75) is 33.1 Å². The number of nitrogens with zero attached hydrogens (tertiary/aromatic N) is 1. The van der Waals surface area contributed by atoms with E-state index in [2.05, 4.69) is 13.8 Å². The zero-order valence-electron chi connectivity index (χ0n) is 9.17. The molecule has 0 saturated carbocycles. The van der Waals surface area contributed by atoms with Gasteiger partial charge in [-0.3, -0.25) is 14.6 Å². The van der Waals surface area contributed by atoms with E-state index in [0.29, 0.717) is 5.06 Å². The maximum absolute atomic E-state index is 10.2. The Morgan fingerprint density at radius 2 is 1.73 bits per heavy atom.